The Bertz CT molecular complexity index is 1930. The van der Waals surface area contributed by atoms with Gasteiger partial charge in [-0.2, -0.15) is 0 Å². The molecule has 1 aliphatic carbocycles. The molecule has 45 heavy (non-hydrogen) atoms. The number of carbonyl (C=O) groups is 2. The van der Waals surface area contributed by atoms with Crippen LogP contribution in [0.15, 0.2) is 65.3 Å². The Kier molecular flexibility index (Phi) is 8.45. The second kappa shape index (κ2) is 12.3. The van der Waals surface area contributed by atoms with E-state index in [2.05, 4.69) is 20.9 Å². The van der Waals surface area contributed by atoms with Crippen molar-refractivity contribution in [2.45, 2.75) is 39.0 Å². The molecule has 10 nitrogen and oxygen atoms in total. The maximum absolute atomic E-state index is 14.0. The van der Waals surface area contributed by atoms with Crippen LogP contribution in [0.4, 0.5) is 11.4 Å². The first kappa shape index (κ1) is 30.8. The van der Waals surface area contributed by atoms with Gasteiger partial charge in [0.15, 0.2) is 5.75 Å². The first-order valence-corrected chi connectivity index (χ1v) is 17.1. The highest BCUT2D eigenvalue weighted by Gasteiger charge is 2.41. The summed E-state index contributed by atoms with van der Waals surface area (Å²) in [6.07, 6.45) is 2.97. The molecule has 3 aromatic carbocycles. The molecule has 1 aliphatic heterocycles. The van der Waals surface area contributed by atoms with Gasteiger partial charge in [0, 0.05) is 27.5 Å². The van der Waals surface area contributed by atoms with Crippen LogP contribution >= 0.6 is 15.9 Å². The number of rotatable bonds is 11. The number of sulfonamides is 1. The average Bonchev–Trinajstić information content (AvgIpc) is 3.82. The topological polar surface area (TPSA) is 115 Å². The third-order valence-corrected chi connectivity index (χ3v) is 10.1. The number of benzene rings is 3. The largest absolute Gasteiger partial charge is 0.495 e. The highest BCUT2D eigenvalue weighted by molar-refractivity contribution is 9.10. The van der Waals surface area contributed by atoms with Crippen LogP contribution in [0.2, 0.25) is 0 Å². The number of amides is 2. The number of nitrogens with zero attached hydrogens (tertiary/aromatic N) is 3. The maximum Gasteiger partial charge on any atom is 0.262 e. The number of para-hydroxylation sites is 2. The van der Waals surface area contributed by atoms with Crippen LogP contribution < -0.4 is 23.4 Å². The van der Waals surface area contributed by atoms with E-state index in [9.17, 15) is 18.0 Å². The van der Waals surface area contributed by atoms with Gasteiger partial charge in [-0.05, 0) is 84.6 Å². The number of aromatic nitrogens is 1. The molecule has 6 rings (SSSR count). The van der Waals surface area contributed by atoms with Gasteiger partial charge in [-0.15, -0.1) is 0 Å². The van der Waals surface area contributed by atoms with Gasteiger partial charge >= 0.3 is 0 Å². The zero-order chi connectivity index (χ0) is 31.9. The van der Waals surface area contributed by atoms with E-state index in [0.29, 0.717) is 81.1 Å². The van der Waals surface area contributed by atoms with Crippen molar-refractivity contribution in [3.05, 3.63) is 82.0 Å². The van der Waals surface area contributed by atoms with Crippen LogP contribution in [0.3, 0.4) is 0 Å². The minimum Gasteiger partial charge on any atom is -0.495 e. The summed E-state index contributed by atoms with van der Waals surface area (Å²) in [5, 5.41) is 0.691. The fourth-order valence-corrected chi connectivity index (χ4v) is 7.91. The molecular formula is C33H32BrN3O7S. The normalized spacial score (nSPS) is 14.4. The highest BCUT2D eigenvalue weighted by Crippen LogP contribution is 2.46. The minimum atomic E-state index is -4.15. The predicted octanol–water partition coefficient (Wildman–Crippen LogP) is 6.24. The minimum absolute atomic E-state index is 0.185. The van der Waals surface area contributed by atoms with Crippen molar-refractivity contribution >= 4 is 60.0 Å². The van der Waals surface area contributed by atoms with Crippen molar-refractivity contribution in [2.75, 3.05) is 29.5 Å². The Morgan fingerprint density at radius 2 is 1.78 bits per heavy atom. The number of ether oxygens (including phenoxy) is 3. The van der Waals surface area contributed by atoms with Gasteiger partial charge in [-0.3, -0.25) is 14.6 Å². The Hall–Kier alpha value is -4.16. The maximum atomic E-state index is 14.0. The Labute approximate surface area is 270 Å². The zero-order valence-electron chi connectivity index (χ0n) is 25.1. The van der Waals surface area contributed by atoms with Gasteiger partial charge in [0.25, 0.3) is 5.91 Å². The van der Waals surface area contributed by atoms with Crippen LogP contribution in [0.1, 0.15) is 48.2 Å². The van der Waals surface area contributed by atoms with Crippen molar-refractivity contribution < 1.29 is 32.2 Å². The highest BCUT2D eigenvalue weighted by atomic mass is 79.9. The van der Waals surface area contributed by atoms with Crippen molar-refractivity contribution in [3.63, 3.8) is 0 Å². The summed E-state index contributed by atoms with van der Waals surface area (Å²) in [6.45, 7) is 4.70. The van der Waals surface area contributed by atoms with E-state index >= 15 is 0 Å². The first-order chi connectivity index (χ1) is 21.7. The Morgan fingerprint density at radius 1 is 1.04 bits per heavy atom. The summed E-state index contributed by atoms with van der Waals surface area (Å²) in [4.78, 5) is 33.5. The third-order valence-electron chi connectivity index (χ3n) is 7.78. The van der Waals surface area contributed by atoms with Crippen LogP contribution in [0.5, 0.6) is 17.2 Å². The molecule has 12 heteroatoms. The summed E-state index contributed by atoms with van der Waals surface area (Å²) in [7, 11) is -2.71. The number of hydrogen-bond acceptors (Lipinski definition) is 8. The SMILES string of the molecule is CCOc1c2c(c(OCC)c3ncccc13)CN(c1ccc(CS(=O)(=O)N(C(=O)C3CC3)c3ccccc3OC)cc1Br)C2=O. The number of pyridine rings is 1. The fourth-order valence-electron chi connectivity index (χ4n) is 5.66. The molecule has 0 bridgehead atoms. The van der Waals surface area contributed by atoms with Crippen LogP contribution in [0, 0.1) is 5.92 Å². The Balaban J connectivity index is 1.34. The van der Waals surface area contributed by atoms with E-state index in [-0.39, 0.29) is 24.1 Å². The lowest BCUT2D eigenvalue weighted by Crippen LogP contribution is -2.39. The average molecular weight is 695 g/mol. The number of anilines is 2. The van der Waals surface area contributed by atoms with E-state index in [0.717, 1.165) is 4.31 Å². The molecule has 0 radical (unpaired) electrons. The zero-order valence-corrected chi connectivity index (χ0v) is 27.5. The van der Waals surface area contributed by atoms with E-state index < -0.39 is 21.7 Å². The second-order valence-corrected chi connectivity index (χ2v) is 13.4. The molecule has 0 atom stereocenters. The fraction of sp³-hybridized carbons (Fsp3) is 0.303. The molecule has 0 unspecified atom stereocenters. The summed E-state index contributed by atoms with van der Waals surface area (Å²) in [5.74, 6) is -0.209. The van der Waals surface area contributed by atoms with Crippen LogP contribution in [-0.4, -0.2) is 45.5 Å². The quantitative estimate of drug-likeness (QED) is 0.181. The molecular weight excluding hydrogens is 662 g/mol. The lowest BCUT2D eigenvalue weighted by molar-refractivity contribution is -0.118. The van der Waals surface area contributed by atoms with Gasteiger partial charge in [-0.1, -0.05) is 18.2 Å². The van der Waals surface area contributed by atoms with E-state index in [1.54, 1.807) is 59.6 Å². The molecule has 4 aromatic rings. The Morgan fingerprint density at radius 3 is 2.47 bits per heavy atom. The molecule has 234 valence electrons. The van der Waals surface area contributed by atoms with Crippen LogP contribution in [-0.2, 0) is 27.1 Å². The standard InChI is InChI=1S/C33H32BrN3O7S/c1-4-43-30-22-9-8-16-35-29(22)31(44-5-2)23-18-36(33(39)28(23)30)25-15-12-20(17-24(25)34)19-45(40,41)37(32(38)21-13-14-21)26-10-6-7-11-27(26)42-3/h6-12,15-17,21H,4-5,13-14,18-19H2,1-3H3. The predicted molar refractivity (Wildman–Crippen MR) is 175 cm³/mol. The van der Waals surface area contributed by atoms with Crippen molar-refractivity contribution in [1.82, 2.24) is 4.98 Å². The molecule has 2 amide bonds. The van der Waals surface area contributed by atoms with Gasteiger partial charge in [0.1, 0.15) is 22.7 Å². The van der Waals surface area contributed by atoms with Crippen molar-refractivity contribution in [2.24, 2.45) is 5.92 Å². The lowest BCUT2D eigenvalue weighted by Gasteiger charge is -2.24. The summed E-state index contributed by atoms with van der Waals surface area (Å²) < 4.78 is 46.5. The van der Waals surface area contributed by atoms with Gasteiger partial charge in [-0.25, -0.2) is 12.7 Å². The van der Waals surface area contributed by atoms with Gasteiger partial charge in [0.2, 0.25) is 15.9 Å². The molecule has 2 heterocycles. The smallest absolute Gasteiger partial charge is 0.262 e. The number of fused-ring (bicyclic) bond motifs is 2. The van der Waals surface area contributed by atoms with Gasteiger partial charge in [0.05, 0.1) is 43.9 Å². The number of methoxy groups -OCH3 is 1. The first-order valence-electron chi connectivity index (χ1n) is 14.7. The molecule has 1 fully saturated rings. The number of hydrogen-bond donors (Lipinski definition) is 0. The number of carbonyl (C=O) groups excluding carboxylic acids is 2. The van der Waals surface area contributed by atoms with E-state index in [1.807, 2.05) is 19.9 Å². The van der Waals surface area contributed by atoms with Gasteiger partial charge < -0.3 is 19.1 Å². The third kappa shape index (κ3) is 5.61. The molecule has 2 aliphatic rings. The molecule has 1 saturated carbocycles. The van der Waals surface area contributed by atoms with Crippen molar-refractivity contribution in [3.8, 4) is 17.2 Å². The second-order valence-electron chi connectivity index (χ2n) is 10.8. The van der Waals surface area contributed by atoms with Crippen LogP contribution in [0.25, 0.3) is 10.9 Å². The van der Waals surface area contributed by atoms with E-state index in [4.69, 9.17) is 14.2 Å². The summed E-state index contributed by atoms with van der Waals surface area (Å²) in [5.41, 5.74) is 2.90. The molecule has 0 saturated heterocycles. The van der Waals surface area contributed by atoms with Crippen molar-refractivity contribution in [1.29, 1.82) is 0 Å². The molecule has 1 aromatic heterocycles. The number of halogens is 1. The monoisotopic (exact) mass is 693 g/mol. The molecule has 0 N–H and O–H groups in total. The molecule has 0 spiro atoms. The summed E-state index contributed by atoms with van der Waals surface area (Å²) in [6, 6.07) is 15.3. The lowest BCUT2D eigenvalue weighted by atomic mass is 10.0. The summed E-state index contributed by atoms with van der Waals surface area (Å²) >= 11 is 3.58. The van der Waals surface area contributed by atoms with E-state index in [1.165, 1.54) is 7.11 Å².